The number of fused-ring (bicyclic) bond motifs is 7. The van der Waals surface area contributed by atoms with E-state index in [1.54, 1.807) is 0 Å². The van der Waals surface area contributed by atoms with Crippen molar-refractivity contribution in [2.24, 2.45) is 0 Å². The summed E-state index contributed by atoms with van der Waals surface area (Å²) in [6.45, 7) is 0. The van der Waals surface area contributed by atoms with Crippen LogP contribution in [0.15, 0.2) is 168 Å². The van der Waals surface area contributed by atoms with Gasteiger partial charge in [-0.3, -0.25) is 4.98 Å². The molecule has 0 unspecified atom stereocenters. The summed E-state index contributed by atoms with van der Waals surface area (Å²) in [5.41, 5.74) is 9.18. The fourth-order valence-corrected chi connectivity index (χ4v) is 7.10. The van der Waals surface area contributed by atoms with Gasteiger partial charge in [-0.25, -0.2) is 15.0 Å². The molecule has 0 aliphatic heterocycles. The van der Waals surface area contributed by atoms with Crippen LogP contribution >= 0.6 is 0 Å². The van der Waals surface area contributed by atoms with Gasteiger partial charge in [-0.05, 0) is 54.6 Å². The van der Waals surface area contributed by atoms with Crippen molar-refractivity contribution in [1.82, 2.24) is 24.5 Å². The van der Waals surface area contributed by atoms with Crippen molar-refractivity contribution in [1.29, 1.82) is 0 Å². The second kappa shape index (κ2) is 11.4. The van der Waals surface area contributed by atoms with Crippen molar-refractivity contribution >= 4 is 43.7 Å². The lowest BCUT2D eigenvalue weighted by molar-refractivity contribution is 0.670. The molecule has 4 aromatic heterocycles. The summed E-state index contributed by atoms with van der Waals surface area (Å²) in [7, 11) is 0. The van der Waals surface area contributed by atoms with Crippen LogP contribution in [0.1, 0.15) is 0 Å². The Hall–Kier alpha value is -6.92. The molecule has 0 fully saturated rings. The summed E-state index contributed by atoms with van der Waals surface area (Å²) >= 11 is 0. The second-order valence-corrected chi connectivity index (χ2v) is 12.2. The van der Waals surface area contributed by atoms with Gasteiger partial charge in [0.25, 0.3) is 0 Å². The molecule has 0 atom stereocenters. The quantitative estimate of drug-likeness (QED) is 0.187. The number of rotatable bonds is 5. The van der Waals surface area contributed by atoms with Crippen LogP contribution in [0.5, 0.6) is 0 Å². The number of nitrogens with zero attached hydrogens (tertiary/aromatic N) is 5. The number of aromatic nitrogens is 5. The van der Waals surface area contributed by atoms with Gasteiger partial charge in [0.05, 0.1) is 22.1 Å². The highest BCUT2D eigenvalue weighted by Crippen LogP contribution is 2.46. The summed E-state index contributed by atoms with van der Waals surface area (Å²) in [6.07, 6.45) is 1.81. The van der Waals surface area contributed by atoms with Crippen LogP contribution in [0, 0.1) is 0 Å². The number of furan rings is 1. The highest BCUT2D eigenvalue weighted by molar-refractivity contribution is 6.28. The SMILES string of the molecule is c1ccc(-c2nc(-c3ccccc3)nc(-c3ccc(-c4ccccn4)c4oc5ccc6c7ccccc7n(-c7ccccc7)c6c5c34)n2)cc1. The smallest absolute Gasteiger partial charge is 0.164 e. The lowest BCUT2D eigenvalue weighted by Crippen LogP contribution is -2.00. The Morgan fingerprint density at radius 3 is 1.78 bits per heavy atom. The third-order valence-electron chi connectivity index (χ3n) is 9.31. The van der Waals surface area contributed by atoms with E-state index in [-0.39, 0.29) is 0 Å². The van der Waals surface area contributed by atoms with E-state index in [2.05, 4.69) is 77.4 Å². The molecule has 0 N–H and O–H groups in total. The zero-order chi connectivity index (χ0) is 33.0. The van der Waals surface area contributed by atoms with Crippen molar-refractivity contribution in [2.45, 2.75) is 0 Å². The summed E-state index contributed by atoms with van der Waals surface area (Å²) in [4.78, 5) is 20.0. The van der Waals surface area contributed by atoms with Crippen LogP contribution in [-0.2, 0) is 0 Å². The van der Waals surface area contributed by atoms with Gasteiger partial charge in [-0.2, -0.15) is 0 Å². The van der Waals surface area contributed by atoms with Gasteiger partial charge < -0.3 is 8.98 Å². The van der Waals surface area contributed by atoms with Gasteiger partial charge in [-0.15, -0.1) is 0 Å². The van der Waals surface area contributed by atoms with Crippen molar-refractivity contribution in [3.05, 3.63) is 164 Å². The Morgan fingerprint density at radius 2 is 1.08 bits per heavy atom. The van der Waals surface area contributed by atoms with E-state index in [1.165, 1.54) is 5.39 Å². The number of para-hydroxylation sites is 2. The van der Waals surface area contributed by atoms with Gasteiger partial charge >= 0.3 is 0 Å². The summed E-state index contributed by atoms with van der Waals surface area (Å²) < 4.78 is 9.25. The first-order valence-electron chi connectivity index (χ1n) is 16.6. The minimum absolute atomic E-state index is 0.567. The van der Waals surface area contributed by atoms with E-state index >= 15 is 0 Å². The number of hydrogen-bond donors (Lipinski definition) is 0. The minimum Gasteiger partial charge on any atom is -0.455 e. The Kier molecular flexibility index (Phi) is 6.39. The van der Waals surface area contributed by atoms with Crippen LogP contribution < -0.4 is 0 Å². The van der Waals surface area contributed by atoms with Gasteiger partial charge in [0.15, 0.2) is 17.5 Å². The maximum Gasteiger partial charge on any atom is 0.164 e. The average Bonchev–Trinajstić information content (AvgIpc) is 3.75. The van der Waals surface area contributed by atoms with Gasteiger partial charge in [0.1, 0.15) is 11.2 Å². The molecule has 0 saturated carbocycles. The summed E-state index contributed by atoms with van der Waals surface area (Å²) in [6, 6.07) is 53.6. The predicted octanol–water partition coefficient (Wildman–Crippen LogP) is 10.9. The fourth-order valence-electron chi connectivity index (χ4n) is 7.10. The Labute approximate surface area is 287 Å². The lowest BCUT2D eigenvalue weighted by atomic mass is 9.99. The molecule has 0 bridgehead atoms. The molecular weight excluding hydrogens is 615 g/mol. The highest BCUT2D eigenvalue weighted by atomic mass is 16.3. The standard InChI is InChI=1S/C44H27N5O/c1-4-14-28(15-5-1)42-46-43(29-16-6-2-7-17-29)48-44(47-42)34-24-23-33(35-21-12-13-27-45-35)41-38(34)39-37(50-41)26-25-32-31-20-10-11-22-36(31)49(40(32)39)30-18-8-3-9-19-30/h1-27H. The van der Waals surface area contributed by atoms with Crippen molar-refractivity contribution in [2.75, 3.05) is 0 Å². The van der Waals surface area contributed by atoms with Crippen molar-refractivity contribution < 1.29 is 4.42 Å². The van der Waals surface area contributed by atoms with E-state index in [1.807, 2.05) is 91.1 Å². The summed E-state index contributed by atoms with van der Waals surface area (Å²) in [5, 5.41) is 4.23. The molecule has 50 heavy (non-hydrogen) atoms. The van der Waals surface area contributed by atoms with Crippen LogP contribution in [0.2, 0.25) is 0 Å². The Morgan fingerprint density at radius 1 is 0.460 bits per heavy atom. The third-order valence-corrected chi connectivity index (χ3v) is 9.31. The molecular formula is C44H27N5O. The Balaban J connectivity index is 1.38. The zero-order valence-electron chi connectivity index (χ0n) is 26.7. The number of hydrogen-bond acceptors (Lipinski definition) is 5. The van der Waals surface area contributed by atoms with E-state index < -0.39 is 0 Å². The van der Waals surface area contributed by atoms with E-state index in [0.29, 0.717) is 17.5 Å². The molecule has 4 heterocycles. The lowest BCUT2D eigenvalue weighted by Gasteiger charge is -2.11. The van der Waals surface area contributed by atoms with Crippen LogP contribution in [-0.4, -0.2) is 24.5 Å². The van der Waals surface area contributed by atoms with E-state index in [4.69, 9.17) is 24.4 Å². The molecule has 10 rings (SSSR count). The second-order valence-electron chi connectivity index (χ2n) is 12.2. The molecule has 6 aromatic carbocycles. The van der Waals surface area contributed by atoms with Crippen molar-refractivity contribution in [3.8, 4) is 51.1 Å². The molecule has 234 valence electrons. The maximum atomic E-state index is 6.90. The monoisotopic (exact) mass is 641 g/mol. The molecule has 0 spiro atoms. The van der Waals surface area contributed by atoms with Gasteiger partial charge in [0.2, 0.25) is 0 Å². The first-order valence-corrected chi connectivity index (χ1v) is 16.6. The molecule has 10 aromatic rings. The topological polar surface area (TPSA) is 69.6 Å². The van der Waals surface area contributed by atoms with Gasteiger partial charge in [0, 0.05) is 50.3 Å². The van der Waals surface area contributed by atoms with E-state index in [0.717, 1.165) is 72.0 Å². The largest absolute Gasteiger partial charge is 0.455 e. The minimum atomic E-state index is 0.567. The normalized spacial score (nSPS) is 11.6. The van der Waals surface area contributed by atoms with Crippen LogP contribution in [0.4, 0.5) is 0 Å². The molecule has 6 heteroatoms. The van der Waals surface area contributed by atoms with E-state index in [9.17, 15) is 0 Å². The predicted molar refractivity (Wildman–Crippen MR) is 201 cm³/mol. The molecule has 0 aliphatic carbocycles. The van der Waals surface area contributed by atoms with Crippen molar-refractivity contribution in [3.63, 3.8) is 0 Å². The fraction of sp³-hybridized carbons (Fsp3) is 0. The maximum absolute atomic E-state index is 6.90. The zero-order valence-corrected chi connectivity index (χ0v) is 26.7. The van der Waals surface area contributed by atoms with Crippen LogP contribution in [0.3, 0.4) is 0 Å². The first-order chi connectivity index (χ1) is 24.8. The van der Waals surface area contributed by atoms with Gasteiger partial charge in [-0.1, -0.05) is 103 Å². The third kappa shape index (κ3) is 4.43. The Bertz CT molecular complexity index is 2790. The molecule has 0 amide bonds. The first kappa shape index (κ1) is 28.1. The number of pyridine rings is 1. The summed E-state index contributed by atoms with van der Waals surface area (Å²) in [5.74, 6) is 1.78. The van der Waals surface area contributed by atoms with Crippen LogP contribution in [0.25, 0.3) is 94.9 Å². The average molecular weight is 642 g/mol. The highest BCUT2D eigenvalue weighted by Gasteiger charge is 2.25. The number of benzene rings is 6. The molecule has 0 aliphatic rings. The molecule has 0 saturated heterocycles. The molecule has 6 nitrogen and oxygen atoms in total. The molecule has 0 radical (unpaired) electrons.